The van der Waals surface area contributed by atoms with Gasteiger partial charge in [0, 0.05) is 28.1 Å². The van der Waals surface area contributed by atoms with Crippen molar-refractivity contribution in [3.8, 4) is 0 Å². The number of nitrogens with one attached hydrogen (secondary N) is 1. The number of anilines is 1. The first kappa shape index (κ1) is 22.2. The van der Waals surface area contributed by atoms with Crippen LogP contribution in [0.4, 0.5) is 5.69 Å². The Morgan fingerprint density at radius 1 is 0.857 bits per heavy atom. The van der Waals surface area contributed by atoms with Gasteiger partial charge < -0.3 is 4.42 Å². The zero-order chi connectivity index (χ0) is 24.4. The van der Waals surface area contributed by atoms with Crippen LogP contribution < -0.4 is 4.72 Å². The summed E-state index contributed by atoms with van der Waals surface area (Å²) in [4.78, 5) is 0.252. The van der Waals surface area contributed by atoms with E-state index < -0.39 is 10.0 Å². The lowest BCUT2D eigenvalue weighted by atomic mass is 9.71. The van der Waals surface area contributed by atoms with Crippen molar-refractivity contribution < 1.29 is 12.8 Å². The number of aryl methyl sites for hydroxylation is 1. The molecule has 0 spiro atoms. The van der Waals surface area contributed by atoms with Gasteiger partial charge in [0.25, 0.3) is 10.0 Å². The van der Waals surface area contributed by atoms with Crippen LogP contribution >= 0.6 is 0 Å². The van der Waals surface area contributed by atoms with Crippen LogP contribution in [0.2, 0.25) is 0 Å². The monoisotopic (exact) mass is 483 g/mol. The van der Waals surface area contributed by atoms with E-state index in [1.807, 2.05) is 60.7 Å². The summed E-state index contributed by atoms with van der Waals surface area (Å²) in [6, 6.07) is 22.9. The summed E-state index contributed by atoms with van der Waals surface area (Å²) in [5.74, 6) is 1.60. The molecule has 5 heteroatoms. The molecule has 5 aromatic rings. The average molecular weight is 484 g/mol. The molecule has 1 N–H and O–H groups in total. The maximum absolute atomic E-state index is 13.5. The van der Waals surface area contributed by atoms with Crippen LogP contribution in [0.5, 0.6) is 0 Å². The molecule has 0 saturated heterocycles. The van der Waals surface area contributed by atoms with E-state index in [1.165, 1.54) is 5.56 Å². The Morgan fingerprint density at radius 2 is 1.57 bits per heavy atom. The number of benzene rings is 4. The molecule has 0 amide bonds. The number of hydrogen-bond acceptors (Lipinski definition) is 3. The van der Waals surface area contributed by atoms with E-state index in [9.17, 15) is 8.42 Å². The first-order chi connectivity index (χ1) is 16.7. The van der Waals surface area contributed by atoms with Crippen LogP contribution in [-0.4, -0.2) is 8.42 Å². The molecule has 0 unspecified atom stereocenters. The number of rotatable bonds is 3. The predicted molar refractivity (Wildman–Crippen MR) is 143 cm³/mol. The van der Waals surface area contributed by atoms with Gasteiger partial charge >= 0.3 is 0 Å². The molecule has 1 aromatic heterocycles. The molecule has 1 aliphatic carbocycles. The minimum absolute atomic E-state index is 0.207. The molecule has 1 heterocycles. The Labute approximate surface area is 206 Å². The van der Waals surface area contributed by atoms with Crippen LogP contribution in [0.15, 0.2) is 82.1 Å². The van der Waals surface area contributed by atoms with Gasteiger partial charge in [0.2, 0.25) is 0 Å². The molecule has 0 aliphatic heterocycles. The van der Waals surface area contributed by atoms with Crippen LogP contribution in [0.25, 0.3) is 32.5 Å². The number of hydrogen-bond donors (Lipinski definition) is 1. The van der Waals surface area contributed by atoms with Gasteiger partial charge in [-0.25, -0.2) is 8.42 Å². The fourth-order valence-corrected chi connectivity index (χ4v) is 6.56. The molecule has 0 saturated carbocycles. The zero-order valence-electron chi connectivity index (χ0n) is 20.3. The second-order valence-corrected chi connectivity index (χ2v) is 12.5. The lowest BCUT2D eigenvalue weighted by Gasteiger charge is -2.33. The SMILES string of the molecule is CC(C)(C)[C@@H]1CCc2oc3c(cc(NS(=O)(=O)c4ccc5ccccc5c4)c4ccccc43)c2C1. The fraction of sp³-hybridized carbons (Fsp3) is 0.267. The van der Waals surface area contributed by atoms with Crippen molar-refractivity contribution in [1.82, 2.24) is 0 Å². The molecule has 0 bridgehead atoms. The third kappa shape index (κ3) is 3.79. The van der Waals surface area contributed by atoms with E-state index in [-0.39, 0.29) is 10.3 Å². The molecule has 4 nitrogen and oxygen atoms in total. The predicted octanol–water partition coefficient (Wildman–Crippen LogP) is 7.69. The van der Waals surface area contributed by atoms with Crippen LogP contribution in [0.3, 0.4) is 0 Å². The number of sulfonamides is 1. The van der Waals surface area contributed by atoms with E-state index >= 15 is 0 Å². The molecule has 6 rings (SSSR count). The fourth-order valence-electron chi connectivity index (χ4n) is 5.46. The highest BCUT2D eigenvalue weighted by molar-refractivity contribution is 7.92. The van der Waals surface area contributed by atoms with E-state index in [4.69, 9.17) is 4.42 Å². The molecular formula is C30H29NO3S. The third-order valence-corrected chi connectivity index (χ3v) is 8.92. The lowest BCUT2D eigenvalue weighted by molar-refractivity contribution is 0.210. The van der Waals surface area contributed by atoms with Gasteiger partial charge in [-0.2, -0.15) is 0 Å². The van der Waals surface area contributed by atoms with Crippen molar-refractivity contribution in [2.45, 2.75) is 44.9 Å². The summed E-state index contributed by atoms with van der Waals surface area (Å²) >= 11 is 0. The van der Waals surface area contributed by atoms with Gasteiger partial charge in [-0.1, -0.05) is 75.4 Å². The summed E-state index contributed by atoms with van der Waals surface area (Å²) in [5.41, 5.74) is 2.87. The van der Waals surface area contributed by atoms with Gasteiger partial charge in [0.15, 0.2) is 0 Å². The van der Waals surface area contributed by atoms with Gasteiger partial charge in [-0.05, 0) is 53.1 Å². The molecule has 0 radical (unpaired) electrons. The minimum Gasteiger partial charge on any atom is -0.460 e. The van der Waals surface area contributed by atoms with Crippen LogP contribution in [0, 0.1) is 11.3 Å². The highest BCUT2D eigenvalue weighted by atomic mass is 32.2. The van der Waals surface area contributed by atoms with Gasteiger partial charge in [-0.15, -0.1) is 0 Å². The Hall–Kier alpha value is -3.31. The average Bonchev–Trinajstić information content (AvgIpc) is 3.21. The smallest absolute Gasteiger partial charge is 0.261 e. The van der Waals surface area contributed by atoms with E-state index in [0.717, 1.165) is 57.5 Å². The molecular weight excluding hydrogens is 454 g/mol. The summed E-state index contributed by atoms with van der Waals surface area (Å²) in [5, 5.41) is 4.69. The molecule has 1 aliphatic rings. The quantitative estimate of drug-likeness (QED) is 0.286. The highest BCUT2D eigenvalue weighted by Crippen LogP contribution is 2.44. The Morgan fingerprint density at radius 3 is 2.34 bits per heavy atom. The van der Waals surface area contributed by atoms with Crippen molar-refractivity contribution in [1.29, 1.82) is 0 Å². The first-order valence-electron chi connectivity index (χ1n) is 12.2. The van der Waals surface area contributed by atoms with Gasteiger partial charge in [0.05, 0.1) is 10.6 Å². The van der Waals surface area contributed by atoms with Crippen molar-refractivity contribution in [3.63, 3.8) is 0 Å². The topological polar surface area (TPSA) is 59.3 Å². The van der Waals surface area contributed by atoms with Gasteiger partial charge in [0.1, 0.15) is 11.3 Å². The number of furan rings is 1. The van der Waals surface area contributed by atoms with Crippen molar-refractivity contribution >= 4 is 48.2 Å². The van der Waals surface area contributed by atoms with Crippen LogP contribution in [0.1, 0.15) is 38.5 Å². The maximum Gasteiger partial charge on any atom is 0.261 e. The second kappa shape index (κ2) is 7.85. The Bertz CT molecular complexity index is 1710. The van der Waals surface area contributed by atoms with Crippen molar-refractivity contribution in [2.75, 3.05) is 4.72 Å². The third-order valence-electron chi connectivity index (χ3n) is 7.55. The first-order valence-corrected chi connectivity index (χ1v) is 13.7. The minimum atomic E-state index is -3.78. The maximum atomic E-state index is 13.5. The zero-order valence-corrected chi connectivity index (χ0v) is 21.1. The molecule has 1 atom stereocenters. The highest BCUT2D eigenvalue weighted by Gasteiger charge is 2.32. The Balaban J connectivity index is 1.49. The van der Waals surface area contributed by atoms with E-state index in [0.29, 0.717) is 11.6 Å². The summed E-state index contributed by atoms with van der Waals surface area (Å²) in [7, 11) is -3.78. The molecule has 178 valence electrons. The van der Waals surface area contributed by atoms with Crippen molar-refractivity contribution in [3.05, 3.63) is 84.1 Å². The Kier molecular flexibility index (Phi) is 4.98. The van der Waals surface area contributed by atoms with E-state index in [1.54, 1.807) is 12.1 Å². The summed E-state index contributed by atoms with van der Waals surface area (Å²) in [6.45, 7) is 6.89. The van der Waals surface area contributed by atoms with Crippen molar-refractivity contribution in [2.24, 2.45) is 11.3 Å². The van der Waals surface area contributed by atoms with E-state index in [2.05, 4.69) is 25.5 Å². The molecule has 35 heavy (non-hydrogen) atoms. The normalized spacial score (nSPS) is 16.6. The summed E-state index contributed by atoms with van der Waals surface area (Å²) < 4.78 is 36.3. The number of fused-ring (bicyclic) bond motifs is 6. The molecule has 4 aromatic carbocycles. The van der Waals surface area contributed by atoms with Crippen LogP contribution in [-0.2, 0) is 22.9 Å². The lowest BCUT2D eigenvalue weighted by Crippen LogP contribution is -2.26. The largest absolute Gasteiger partial charge is 0.460 e. The van der Waals surface area contributed by atoms with Gasteiger partial charge in [-0.3, -0.25) is 4.72 Å². The molecule has 0 fully saturated rings. The summed E-state index contributed by atoms with van der Waals surface area (Å²) in [6.07, 6.45) is 2.97. The second-order valence-electron chi connectivity index (χ2n) is 10.8. The standard InChI is InChI=1S/C30H29NO3S/c1-30(2,3)21-13-15-28-25(17-21)26-18-27(23-10-6-7-11-24(23)29(26)34-28)31-35(32,33)22-14-12-19-8-4-5-9-20(19)16-22/h4-12,14,16,18,21,31H,13,15,17H2,1-3H3/t21-/m1/s1.